The summed E-state index contributed by atoms with van der Waals surface area (Å²) >= 11 is 0. The first-order valence-corrected chi connectivity index (χ1v) is 28.9. The van der Waals surface area contributed by atoms with Crippen LogP contribution in [-0.4, -0.2) is 0 Å². The normalized spacial score (nSPS) is 12.1. The molecule has 0 aliphatic carbocycles. The maximum atomic E-state index is 6.74. The second-order valence-electron chi connectivity index (χ2n) is 22.1. The molecule has 0 amide bonds. The summed E-state index contributed by atoms with van der Waals surface area (Å²) in [7, 11) is 2.98. The predicted molar refractivity (Wildman–Crippen MR) is 350 cm³/mol. The Morgan fingerprint density at radius 3 is 0.857 bits per heavy atom. The molecule has 5 heterocycles. The Balaban J connectivity index is 0.777. The molecule has 5 aromatic heterocycles. The monoisotopic (exact) mass is 1090 g/mol. The molecule has 1 unspecified atom stereocenters. The number of hydrogen-bond donors (Lipinski definition) is 0. The lowest BCUT2D eigenvalue weighted by Gasteiger charge is -2.14. The van der Waals surface area contributed by atoms with Crippen molar-refractivity contribution in [3.05, 3.63) is 261 Å². The van der Waals surface area contributed by atoms with E-state index in [-0.39, 0.29) is 0 Å². The maximum absolute atomic E-state index is 6.74. The number of furan rings is 5. The molecule has 0 fully saturated rings. The second kappa shape index (κ2) is 18.1. The van der Waals surface area contributed by atoms with Crippen LogP contribution in [0.5, 0.6) is 0 Å². The van der Waals surface area contributed by atoms with E-state index >= 15 is 0 Å². The highest BCUT2D eigenvalue weighted by Gasteiger charge is 2.21. The number of fused-ring (bicyclic) bond motifs is 17. The molecule has 6 heteroatoms. The van der Waals surface area contributed by atoms with Gasteiger partial charge in [0.1, 0.15) is 33.5 Å². The van der Waals surface area contributed by atoms with Crippen LogP contribution in [0.4, 0.5) is 0 Å². The van der Waals surface area contributed by atoms with Gasteiger partial charge in [-0.15, -0.1) is 9.24 Å². The molecule has 0 aliphatic heterocycles. The zero-order valence-corrected chi connectivity index (χ0v) is 46.1. The zero-order valence-electron chi connectivity index (χ0n) is 44.9. The van der Waals surface area contributed by atoms with Crippen LogP contribution < -0.4 is 5.30 Å². The van der Waals surface area contributed by atoms with Crippen LogP contribution in [0, 0.1) is 0 Å². The standard InChI is InChI=1S/C78H45O5P/c84-74-33-22-52(37-62(74)53-16-23-57-63-38-47(44-10-4-1-5-11-44)17-28-68(63)79-73(57)43-53)56-35-54(50-20-31-71-66(41-50)60-26-24-58-64-39-48(45-12-6-2-7-13-45)18-29-69(64)80-75(58)77(60)82-71)34-55(36-56)51-21-32-72-67(42-51)61-27-25-59-65-40-49(46-14-8-3-9-15-46)19-30-70(65)81-76(59)78(61)83-72/h1-43H,84H2. The van der Waals surface area contributed by atoms with Gasteiger partial charge in [0.15, 0.2) is 22.3 Å². The van der Waals surface area contributed by atoms with E-state index in [9.17, 15) is 0 Å². The summed E-state index contributed by atoms with van der Waals surface area (Å²) in [6.07, 6.45) is 0. The van der Waals surface area contributed by atoms with Crippen LogP contribution in [0.2, 0.25) is 0 Å². The summed E-state index contributed by atoms with van der Waals surface area (Å²) < 4.78 is 33.3. The van der Waals surface area contributed by atoms with Gasteiger partial charge in [-0.05, 0) is 205 Å². The predicted octanol–water partition coefficient (Wildman–Crippen LogP) is 22.4. The van der Waals surface area contributed by atoms with E-state index in [0.29, 0.717) is 0 Å². The third kappa shape index (κ3) is 7.39. The van der Waals surface area contributed by atoms with Crippen molar-refractivity contribution in [3.63, 3.8) is 0 Å². The molecule has 0 saturated heterocycles. The van der Waals surface area contributed by atoms with Gasteiger partial charge in [-0.2, -0.15) is 0 Å². The number of hydrogen-bond acceptors (Lipinski definition) is 5. The first kappa shape index (κ1) is 47.0. The SMILES string of the molecule is Pc1ccc(-c2cc(-c3ccc4oc5c(ccc6c7cc(-c8ccccc8)ccc7oc65)c4c3)cc(-c3ccc4oc5c(ccc6c7cc(-c8ccccc8)ccc7oc65)c4c3)c2)cc1-c1ccc2c(c1)oc1ccc(-c3ccccc3)cc12. The van der Waals surface area contributed by atoms with E-state index in [2.05, 4.69) is 258 Å². The Morgan fingerprint density at radius 1 is 0.179 bits per heavy atom. The van der Waals surface area contributed by atoms with Gasteiger partial charge in [0.25, 0.3) is 0 Å². The molecule has 0 radical (unpaired) electrons. The van der Waals surface area contributed by atoms with E-state index in [1.54, 1.807) is 0 Å². The summed E-state index contributed by atoms with van der Waals surface area (Å²) in [4.78, 5) is 0. The van der Waals surface area contributed by atoms with Crippen molar-refractivity contribution in [3.8, 4) is 77.9 Å². The molecule has 0 bridgehead atoms. The van der Waals surface area contributed by atoms with Gasteiger partial charge in [0.2, 0.25) is 0 Å². The van der Waals surface area contributed by atoms with Gasteiger partial charge in [0.05, 0.1) is 0 Å². The van der Waals surface area contributed by atoms with Crippen LogP contribution in [0.1, 0.15) is 0 Å². The minimum absolute atomic E-state index is 0.742. The smallest absolute Gasteiger partial charge is 0.178 e. The van der Waals surface area contributed by atoms with E-state index in [1.807, 2.05) is 12.1 Å². The van der Waals surface area contributed by atoms with Crippen molar-refractivity contribution < 1.29 is 22.1 Å². The lowest BCUT2D eigenvalue weighted by molar-refractivity contribution is 0.633. The molecule has 18 rings (SSSR count). The van der Waals surface area contributed by atoms with Crippen molar-refractivity contribution in [1.29, 1.82) is 0 Å². The van der Waals surface area contributed by atoms with E-state index in [4.69, 9.17) is 22.1 Å². The fourth-order valence-electron chi connectivity index (χ4n) is 13.0. The molecule has 0 saturated carbocycles. The minimum atomic E-state index is 0.742. The number of benzene rings is 13. The molecular weight excluding hydrogens is 1050 g/mol. The summed E-state index contributed by atoms with van der Waals surface area (Å²) in [5.74, 6) is 0. The van der Waals surface area contributed by atoms with Crippen LogP contribution in [0.15, 0.2) is 283 Å². The van der Waals surface area contributed by atoms with Crippen LogP contribution >= 0.6 is 9.24 Å². The highest BCUT2D eigenvalue weighted by Crippen LogP contribution is 2.45. The third-order valence-electron chi connectivity index (χ3n) is 17.2. The van der Waals surface area contributed by atoms with Crippen molar-refractivity contribution in [2.45, 2.75) is 0 Å². The molecule has 18 aromatic rings. The Hall–Kier alpha value is -10.7. The topological polar surface area (TPSA) is 65.7 Å². The zero-order chi connectivity index (χ0) is 55.1. The minimum Gasteiger partial charge on any atom is -0.456 e. The van der Waals surface area contributed by atoms with Gasteiger partial charge >= 0.3 is 0 Å². The fraction of sp³-hybridized carbons (Fsp3) is 0. The van der Waals surface area contributed by atoms with Crippen LogP contribution in [0.3, 0.4) is 0 Å². The first-order chi connectivity index (χ1) is 41.5. The summed E-state index contributed by atoms with van der Waals surface area (Å²) in [6.45, 7) is 0. The maximum Gasteiger partial charge on any atom is 0.178 e. The van der Waals surface area contributed by atoms with Crippen molar-refractivity contribution >= 4 is 124 Å². The molecule has 1 atom stereocenters. The van der Waals surface area contributed by atoms with E-state index < -0.39 is 0 Å². The van der Waals surface area contributed by atoms with Crippen molar-refractivity contribution in [2.75, 3.05) is 0 Å². The molecular formula is C78H45O5P. The summed E-state index contributed by atoms with van der Waals surface area (Å²) in [5.41, 5.74) is 23.6. The van der Waals surface area contributed by atoms with Gasteiger partial charge in [-0.25, -0.2) is 0 Å². The molecule has 0 aliphatic rings. The number of rotatable bonds is 7. The first-order valence-electron chi connectivity index (χ1n) is 28.3. The molecule has 0 spiro atoms. The molecule has 5 nitrogen and oxygen atoms in total. The molecule has 0 N–H and O–H groups in total. The fourth-order valence-corrected chi connectivity index (χ4v) is 13.3. The highest BCUT2D eigenvalue weighted by atomic mass is 31.0. The Bertz CT molecular complexity index is 5490. The van der Waals surface area contributed by atoms with E-state index in [1.165, 1.54) is 5.56 Å². The Kier molecular flexibility index (Phi) is 10.1. The lowest BCUT2D eigenvalue weighted by Crippen LogP contribution is -1.97. The van der Waals surface area contributed by atoms with Gasteiger partial charge in [0, 0.05) is 53.9 Å². The highest BCUT2D eigenvalue weighted by molar-refractivity contribution is 7.28. The lowest BCUT2D eigenvalue weighted by atomic mass is 9.91. The quantitative estimate of drug-likeness (QED) is 0.149. The summed E-state index contributed by atoms with van der Waals surface area (Å²) in [6, 6.07) is 92.8. The van der Waals surface area contributed by atoms with Crippen LogP contribution in [0.25, 0.3) is 188 Å². The summed E-state index contributed by atoms with van der Waals surface area (Å²) in [5, 5.41) is 11.5. The second-order valence-corrected chi connectivity index (χ2v) is 22.7. The average Bonchev–Trinajstić information content (AvgIpc) is 4.39. The largest absolute Gasteiger partial charge is 0.456 e. The van der Waals surface area contributed by atoms with Crippen molar-refractivity contribution in [1.82, 2.24) is 0 Å². The van der Waals surface area contributed by atoms with E-state index in [0.717, 1.165) is 187 Å². The Morgan fingerprint density at radius 2 is 0.476 bits per heavy atom. The van der Waals surface area contributed by atoms with Crippen molar-refractivity contribution in [2.24, 2.45) is 0 Å². The third-order valence-corrected chi connectivity index (χ3v) is 17.7. The molecule has 392 valence electrons. The molecule has 13 aromatic carbocycles. The van der Waals surface area contributed by atoms with Gasteiger partial charge in [-0.1, -0.05) is 140 Å². The van der Waals surface area contributed by atoms with Gasteiger partial charge in [-0.3, -0.25) is 0 Å². The molecule has 84 heavy (non-hydrogen) atoms. The Labute approximate surface area is 482 Å². The van der Waals surface area contributed by atoms with Crippen LogP contribution in [-0.2, 0) is 0 Å². The average molecular weight is 1090 g/mol. The van der Waals surface area contributed by atoms with Gasteiger partial charge < -0.3 is 22.1 Å².